The van der Waals surface area contributed by atoms with Crippen LogP contribution >= 0.6 is 0 Å². The summed E-state index contributed by atoms with van der Waals surface area (Å²) in [5.74, 6) is -2.03. The van der Waals surface area contributed by atoms with Crippen LogP contribution in [0.1, 0.15) is 35.7 Å². The van der Waals surface area contributed by atoms with E-state index in [-0.39, 0.29) is 11.3 Å². The first-order valence-corrected chi connectivity index (χ1v) is 8.44. The normalized spacial score (nSPS) is 10.3. The number of rotatable bonds is 9. The summed E-state index contributed by atoms with van der Waals surface area (Å²) in [5.41, 5.74) is 1.18. The third kappa shape index (κ3) is 5.81. The van der Waals surface area contributed by atoms with Gasteiger partial charge in [-0.25, -0.2) is 4.79 Å². The molecule has 0 saturated carbocycles. The highest BCUT2D eigenvalue weighted by Crippen LogP contribution is 2.28. The van der Waals surface area contributed by atoms with E-state index in [1.165, 1.54) is 5.56 Å². The molecule has 2 N–H and O–H groups in total. The van der Waals surface area contributed by atoms with Crippen LogP contribution in [0.3, 0.4) is 0 Å². The molecule has 2 aromatic rings. The number of aryl methyl sites for hydroxylation is 1. The van der Waals surface area contributed by atoms with Crippen LogP contribution in [0.2, 0.25) is 0 Å². The second kappa shape index (κ2) is 9.33. The molecule has 0 spiro atoms. The standard InChI is InChI=1S/C19H20N2O6/c1-2-3-4-13-5-8-15(9-6-13)20-18(22)12-27-17-11-14(19(23)24)7-10-16(17)21(25)26/h5-11H,2-4,12H2,1H3,(H,20,22)(H,23,24). The molecular formula is C19H20N2O6. The van der Waals surface area contributed by atoms with Gasteiger partial charge in [-0.3, -0.25) is 14.9 Å². The fraction of sp³-hybridized carbons (Fsp3) is 0.263. The summed E-state index contributed by atoms with van der Waals surface area (Å²) in [6.45, 7) is 1.63. The van der Waals surface area contributed by atoms with E-state index in [0.717, 1.165) is 37.5 Å². The lowest BCUT2D eigenvalue weighted by Crippen LogP contribution is -2.20. The van der Waals surface area contributed by atoms with Gasteiger partial charge in [-0.2, -0.15) is 0 Å². The van der Waals surface area contributed by atoms with Crippen molar-refractivity contribution in [2.24, 2.45) is 0 Å². The summed E-state index contributed by atoms with van der Waals surface area (Å²) in [7, 11) is 0. The third-order valence-corrected chi connectivity index (χ3v) is 3.82. The van der Waals surface area contributed by atoms with E-state index >= 15 is 0 Å². The Morgan fingerprint density at radius 2 is 1.89 bits per heavy atom. The molecule has 0 bridgehead atoms. The quantitative estimate of drug-likeness (QED) is 0.512. The number of hydrogen-bond acceptors (Lipinski definition) is 5. The van der Waals surface area contributed by atoms with E-state index < -0.39 is 29.1 Å². The van der Waals surface area contributed by atoms with Crippen molar-refractivity contribution in [1.29, 1.82) is 0 Å². The number of amides is 1. The fourth-order valence-corrected chi connectivity index (χ4v) is 2.39. The Bertz CT molecular complexity index is 833. The van der Waals surface area contributed by atoms with Crippen molar-refractivity contribution in [3.05, 3.63) is 63.7 Å². The molecule has 0 radical (unpaired) electrons. The molecule has 0 aliphatic carbocycles. The summed E-state index contributed by atoms with van der Waals surface area (Å²) in [6.07, 6.45) is 3.16. The Labute approximate surface area is 155 Å². The SMILES string of the molecule is CCCCc1ccc(NC(=O)COc2cc(C(=O)O)ccc2[N+](=O)[O-])cc1. The zero-order valence-electron chi connectivity index (χ0n) is 14.8. The molecule has 2 rings (SSSR count). The molecule has 27 heavy (non-hydrogen) atoms. The first-order chi connectivity index (χ1) is 12.9. The summed E-state index contributed by atoms with van der Waals surface area (Å²) >= 11 is 0. The van der Waals surface area contributed by atoms with Gasteiger partial charge in [-0.1, -0.05) is 25.5 Å². The highest BCUT2D eigenvalue weighted by Gasteiger charge is 2.19. The number of aromatic carboxylic acids is 1. The van der Waals surface area contributed by atoms with Crippen molar-refractivity contribution in [2.45, 2.75) is 26.2 Å². The predicted molar refractivity (Wildman–Crippen MR) is 99.2 cm³/mol. The van der Waals surface area contributed by atoms with Gasteiger partial charge in [0.25, 0.3) is 5.91 Å². The van der Waals surface area contributed by atoms with Crippen molar-refractivity contribution in [3.8, 4) is 5.75 Å². The average molecular weight is 372 g/mol. The Morgan fingerprint density at radius 3 is 2.48 bits per heavy atom. The van der Waals surface area contributed by atoms with Gasteiger partial charge in [-0.05, 0) is 36.6 Å². The number of nitro benzene ring substituents is 1. The van der Waals surface area contributed by atoms with Crippen LogP contribution in [-0.2, 0) is 11.2 Å². The number of anilines is 1. The highest BCUT2D eigenvalue weighted by molar-refractivity contribution is 5.92. The maximum atomic E-state index is 12.0. The lowest BCUT2D eigenvalue weighted by atomic mass is 10.1. The van der Waals surface area contributed by atoms with E-state index in [1.807, 2.05) is 12.1 Å². The number of carboxylic acids is 1. The van der Waals surface area contributed by atoms with E-state index in [9.17, 15) is 19.7 Å². The lowest BCUT2D eigenvalue weighted by Gasteiger charge is -2.09. The van der Waals surface area contributed by atoms with Crippen molar-refractivity contribution in [1.82, 2.24) is 0 Å². The van der Waals surface area contributed by atoms with Gasteiger partial charge in [0.1, 0.15) is 0 Å². The van der Waals surface area contributed by atoms with Gasteiger partial charge in [0, 0.05) is 17.8 Å². The topological polar surface area (TPSA) is 119 Å². The molecule has 1 amide bonds. The number of carbonyl (C=O) groups excluding carboxylic acids is 1. The first kappa shape index (κ1) is 19.9. The van der Waals surface area contributed by atoms with Crippen LogP contribution in [0.25, 0.3) is 0 Å². The molecule has 0 atom stereocenters. The van der Waals surface area contributed by atoms with E-state index in [1.54, 1.807) is 12.1 Å². The second-order valence-electron chi connectivity index (χ2n) is 5.88. The number of nitrogens with one attached hydrogen (secondary N) is 1. The minimum atomic E-state index is -1.25. The molecule has 0 aliphatic rings. The Kier molecular flexibility index (Phi) is 6.87. The minimum absolute atomic E-state index is 0.168. The number of benzene rings is 2. The van der Waals surface area contributed by atoms with Crippen molar-refractivity contribution in [3.63, 3.8) is 0 Å². The summed E-state index contributed by atoms with van der Waals surface area (Å²) < 4.78 is 5.18. The maximum absolute atomic E-state index is 12.0. The number of carboxylic acid groups (broad SMARTS) is 1. The van der Waals surface area contributed by atoms with Crippen molar-refractivity contribution < 1.29 is 24.4 Å². The van der Waals surface area contributed by atoms with Crippen LogP contribution < -0.4 is 10.1 Å². The van der Waals surface area contributed by atoms with Gasteiger partial charge in [-0.15, -0.1) is 0 Å². The molecule has 0 fully saturated rings. The van der Waals surface area contributed by atoms with Gasteiger partial charge in [0.2, 0.25) is 0 Å². The predicted octanol–water partition coefficient (Wildman–Crippen LogP) is 3.65. The van der Waals surface area contributed by atoms with Crippen LogP contribution in [0.15, 0.2) is 42.5 Å². The molecule has 0 aromatic heterocycles. The number of carbonyl (C=O) groups is 2. The van der Waals surface area contributed by atoms with Gasteiger partial charge >= 0.3 is 11.7 Å². The Hall–Kier alpha value is -3.42. The molecule has 0 heterocycles. The fourth-order valence-electron chi connectivity index (χ4n) is 2.39. The van der Waals surface area contributed by atoms with E-state index in [2.05, 4.69) is 12.2 Å². The first-order valence-electron chi connectivity index (χ1n) is 8.44. The number of hydrogen-bond donors (Lipinski definition) is 2. The van der Waals surface area contributed by atoms with E-state index in [0.29, 0.717) is 5.69 Å². The Morgan fingerprint density at radius 1 is 1.19 bits per heavy atom. The van der Waals surface area contributed by atoms with Crippen LogP contribution in [-0.4, -0.2) is 28.5 Å². The second-order valence-corrected chi connectivity index (χ2v) is 5.88. The van der Waals surface area contributed by atoms with E-state index in [4.69, 9.17) is 9.84 Å². The lowest BCUT2D eigenvalue weighted by molar-refractivity contribution is -0.385. The third-order valence-electron chi connectivity index (χ3n) is 3.82. The maximum Gasteiger partial charge on any atom is 0.335 e. The highest BCUT2D eigenvalue weighted by atomic mass is 16.6. The average Bonchev–Trinajstić information content (AvgIpc) is 2.65. The molecule has 8 nitrogen and oxygen atoms in total. The zero-order chi connectivity index (χ0) is 19.8. The molecule has 0 saturated heterocycles. The van der Waals surface area contributed by atoms with Crippen LogP contribution in [0.4, 0.5) is 11.4 Å². The largest absolute Gasteiger partial charge is 0.478 e. The van der Waals surface area contributed by atoms with Crippen LogP contribution in [0.5, 0.6) is 5.75 Å². The number of unbranched alkanes of at least 4 members (excludes halogenated alkanes) is 1. The molecule has 2 aromatic carbocycles. The molecule has 0 unspecified atom stereocenters. The van der Waals surface area contributed by atoms with Crippen molar-refractivity contribution >= 4 is 23.3 Å². The van der Waals surface area contributed by atoms with Gasteiger partial charge in [0.05, 0.1) is 10.5 Å². The zero-order valence-corrected chi connectivity index (χ0v) is 14.8. The molecule has 0 aliphatic heterocycles. The minimum Gasteiger partial charge on any atom is -0.478 e. The molecule has 142 valence electrons. The monoisotopic (exact) mass is 372 g/mol. The smallest absolute Gasteiger partial charge is 0.335 e. The van der Waals surface area contributed by atoms with Gasteiger partial charge < -0.3 is 15.2 Å². The van der Waals surface area contributed by atoms with Gasteiger partial charge in [0.15, 0.2) is 12.4 Å². The number of nitrogens with zero attached hydrogens (tertiary/aromatic N) is 1. The van der Waals surface area contributed by atoms with Crippen LogP contribution in [0, 0.1) is 10.1 Å². The number of ether oxygens (including phenoxy) is 1. The molecular weight excluding hydrogens is 352 g/mol. The summed E-state index contributed by atoms with van der Waals surface area (Å²) in [6, 6.07) is 10.6. The number of nitro groups is 1. The molecule has 8 heteroatoms. The summed E-state index contributed by atoms with van der Waals surface area (Å²) in [5, 5.41) is 22.6. The summed E-state index contributed by atoms with van der Waals surface area (Å²) in [4.78, 5) is 33.3. The Balaban J connectivity index is 1.99. The van der Waals surface area contributed by atoms with Crippen molar-refractivity contribution in [2.75, 3.05) is 11.9 Å².